The highest BCUT2D eigenvalue weighted by molar-refractivity contribution is 6.53. The van der Waals surface area contributed by atoms with Gasteiger partial charge in [-0.15, -0.1) is 23.2 Å². The van der Waals surface area contributed by atoms with Crippen molar-refractivity contribution in [2.24, 2.45) is 5.41 Å². The molecule has 0 saturated heterocycles. The minimum absolute atomic E-state index is 0.317. The minimum Gasteiger partial charge on any atom is -0.455 e. The first-order valence-corrected chi connectivity index (χ1v) is 6.98. The van der Waals surface area contributed by atoms with E-state index in [1.807, 2.05) is 0 Å². The van der Waals surface area contributed by atoms with Crippen LogP contribution in [-0.4, -0.2) is 22.8 Å². The molecule has 1 aliphatic rings. The van der Waals surface area contributed by atoms with Crippen LogP contribution in [-0.2, 0) is 14.3 Å². The lowest BCUT2D eigenvalue weighted by atomic mass is 10.1. The van der Waals surface area contributed by atoms with E-state index in [9.17, 15) is 9.59 Å². The Labute approximate surface area is 131 Å². The first kappa shape index (κ1) is 15.4. The van der Waals surface area contributed by atoms with Crippen molar-refractivity contribution in [3.05, 3.63) is 29.3 Å². The van der Waals surface area contributed by atoms with Crippen LogP contribution in [0.2, 0.25) is 5.02 Å². The van der Waals surface area contributed by atoms with Crippen LogP contribution < -0.4 is 5.32 Å². The molecule has 1 atom stereocenters. The van der Waals surface area contributed by atoms with Gasteiger partial charge in [-0.3, -0.25) is 9.59 Å². The number of esters is 1. The molecule has 4 nitrogen and oxygen atoms in total. The molecule has 7 heteroatoms. The maximum Gasteiger partial charge on any atom is 0.315 e. The van der Waals surface area contributed by atoms with Crippen LogP contribution in [0.25, 0.3) is 0 Å². The van der Waals surface area contributed by atoms with Gasteiger partial charge in [0, 0.05) is 17.1 Å². The lowest BCUT2D eigenvalue weighted by Gasteiger charge is -2.11. The molecule has 0 bridgehead atoms. The Kier molecular flexibility index (Phi) is 4.19. The van der Waals surface area contributed by atoms with Crippen molar-refractivity contribution in [1.82, 2.24) is 0 Å². The number of ether oxygens (including phenoxy) is 1. The molecule has 0 unspecified atom stereocenters. The molecule has 1 aliphatic carbocycles. The Balaban J connectivity index is 1.83. The third kappa shape index (κ3) is 3.19. The Morgan fingerprint density at radius 2 is 2.05 bits per heavy atom. The first-order valence-electron chi connectivity index (χ1n) is 5.85. The zero-order valence-corrected chi connectivity index (χ0v) is 12.9. The van der Waals surface area contributed by atoms with Gasteiger partial charge >= 0.3 is 5.97 Å². The normalized spacial score (nSPS) is 23.0. The second-order valence-electron chi connectivity index (χ2n) is 4.85. The van der Waals surface area contributed by atoms with Crippen LogP contribution in [0, 0.1) is 5.41 Å². The molecule has 0 spiro atoms. The number of halogens is 3. The number of alkyl halides is 2. The molecule has 20 heavy (non-hydrogen) atoms. The Bertz CT molecular complexity index is 562. The molecule has 0 aliphatic heterocycles. The molecule has 1 N–H and O–H groups in total. The smallest absolute Gasteiger partial charge is 0.315 e. The van der Waals surface area contributed by atoms with Crippen LogP contribution in [0.1, 0.15) is 13.3 Å². The predicted octanol–water partition coefficient (Wildman–Crippen LogP) is 3.41. The number of hydrogen-bond donors (Lipinski definition) is 1. The van der Waals surface area contributed by atoms with Gasteiger partial charge in [0.25, 0.3) is 5.91 Å². The Morgan fingerprint density at radius 1 is 1.40 bits per heavy atom. The summed E-state index contributed by atoms with van der Waals surface area (Å²) in [4.78, 5) is 23.4. The van der Waals surface area contributed by atoms with Gasteiger partial charge in [0.1, 0.15) is 9.75 Å². The summed E-state index contributed by atoms with van der Waals surface area (Å²) in [6, 6.07) is 6.65. The van der Waals surface area contributed by atoms with Gasteiger partial charge in [0.2, 0.25) is 0 Å². The van der Waals surface area contributed by atoms with Gasteiger partial charge < -0.3 is 10.1 Å². The van der Waals surface area contributed by atoms with E-state index in [1.165, 1.54) is 0 Å². The summed E-state index contributed by atoms with van der Waals surface area (Å²) in [5.74, 6) is -1.04. The molecule has 1 aromatic rings. The summed E-state index contributed by atoms with van der Waals surface area (Å²) in [5.41, 5.74) is -0.410. The summed E-state index contributed by atoms with van der Waals surface area (Å²) in [6.45, 7) is 1.20. The Hall–Kier alpha value is -0.970. The van der Waals surface area contributed by atoms with Crippen LogP contribution in [0.4, 0.5) is 5.69 Å². The van der Waals surface area contributed by atoms with Gasteiger partial charge in [-0.05, 0) is 25.1 Å². The molecule has 2 rings (SSSR count). The topological polar surface area (TPSA) is 55.4 Å². The quantitative estimate of drug-likeness (QED) is 0.677. The number of benzene rings is 1. The highest BCUT2D eigenvalue weighted by Crippen LogP contribution is 2.64. The molecule has 1 fully saturated rings. The molecule has 0 heterocycles. The molecule has 0 aromatic heterocycles. The molecule has 1 saturated carbocycles. The average molecular weight is 337 g/mol. The standard InChI is InChI=1S/C13H12Cl3NO3/c1-12(7-13(12,15)16)11(19)20-6-10(18)17-9-4-2-3-8(14)5-9/h2-5H,6-7H2,1H3,(H,17,18)/t12-/m0/s1. The molecular formula is C13H12Cl3NO3. The van der Waals surface area contributed by atoms with Crippen molar-refractivity contribution in [3.63, 3.8) is 0 Å². The summed E-state index contributed by atoms with van der Waals surface area (Å²) in [7, 11) is 0. The number of anilines is 1. The average Bonchev–Trinajstić information content (AvgIpc) is 2.87. The van der Waals surface area contributed by atoms with E-state index in [-0.39, 0.29) is 0 Å². The number of rotatable bonds is 4. The molecule has 0 radical (unpaired) electrons. The Morgan fingerprint density at radius 3 is 2.60 bits per heavy atom. The monoisotopic (exact) mass is 335 g/mol. The highest BCUT2D eigenvalue weighted by Gasteiger charge is 2.69. The van der Waals surface area contributed by atoms with Gasteiger partial charge in [-0.1, -0.05) is 17.7 Å². The number of hydrogen-bond acceptors (Lipinski definition) is 3. The minimum atomic E-state index is -1.10. The van der Waals surface area contributed by atoms with E-state index >= 15 is 0 Å². The zero-order chi connectivity index (χ0) is 15.0. The van der Waals surface area contributed by atoms with Crippen LogP contribution in [0.15, 0.2) is 24.3 Å². The maximum atomic E-state index is 11.8. The van der Waals surface area contributed by atoms with Crippen LogP contribution in [0.3, 0.4) is 0 Å². The summed E-state index contributed by atoms with van der Waals surface area (Å²) < 4.78 is 3.81. The second-order valence-corrected chi connectivity index (χ2v) is 6.77. The van der Waals surface area contributed by atoms with E-state index in [0.717, 1.165) is 0 Å². The lowest BCUT2D eigenvalue weighted by Crippen LogP contribution is -2.26. The fraction of sp³-hybridized carbons (Fsp3) is 0.385. The van der Waals surface area contributed by atoms with Crippen molar-refractivity contribution in [2.75, 3.05) is 11.9 Å². The highest BCUT2D eigenvalue weighted by atomic mass is 35.5. The van der Waals surface area contributed by atoms with Crippen molar-refractivity contribution >= 4 is 52.4 Å². The third-order valence-corrected chi connectivity index (χ3v) is 4.49. The van der Waals surface area contributed by atoms with E-state index in [4.69, 9.17) is 39.5 Å². The summed E-state index contributed by atoms with van der Waals surface area (Å²) in [5, 5.41) is 3.06. The second kappa shape index (κ2) is 5.43. The van der Waals surface area contributed by atoms with Gasteiger partial charge in [-0.2, -0.15) is 0 Å². The van der Waals surface area contributed by atoms with E-state index in [2.05, 4.69) is 5.32 Å². The lowest BCUT2D eigenvalue weighted by molar-refractivity contribution is -0.152. The summed E-state index contributed by atoms with van der Waals surface area (Å²) >= 11 is 17.5. The SMILES string of the molecule is C[C@@]1(C(=O)OCC(=O)Nc2cccc(Cl)c2)CC1(Cl)Cl. The van der Waals surface area contributed by atoms with Crippen molar-refractivity contribution in [1.29, 1.82) is 0 Å². The number of amides is 1. The third-order valence-electron chi connectivity index (χ3n) is 3.15. The van der Waals surface area contributed by atoms with Crippen molar-refractivity contribution in [2.45, 2.75) is 17.7 Å². The predicted molar refractivity (Wildman–Crippen MR) is 78.2 cm³/mol. The number of carbonyl (C=O) groups excluding carboxylic acids is 2. The molecule has 108 valence electrons. The number of carbonyl (C=O) groups is 2. The number of nitrogens with one attached hydrogen (secondary N) is 1. The van der Waals surface area contributed by atoms with E-state index in [0.29, 0.717) is 17.1 Å². The largest absolute Gasteiger partial charge is 0.455 e. The van der Waals surface area contributed by atoms with Gasteiger partial charge in [0.05, 0.1) is 0 Å². The van der Waals surface area contributed by atoms with Gasteiger partial charge in [0.15, 0.2) is 6.61 Å². The zero-order valence-electron chi connectivity index (χ0n) is 10.6. The molecule has 1 aromatic carbocycles. The van der Waals surface area contributed by atoms with Crippen molar-refractivity contribution < 1.29 is 14.3 Å². The molecular weight excluding hydrogens is 325 g/mol. The molecule has 1 amide bonds. The van der Waals surface area contributed by atoms with E-state index < -0.39 is 28.2 Å². The summed E-state index contributed by atoms with van der Waals surface area (Å²) in [6.07, 6.45) is 0.317. The fourth-order valence-corrected chi connectivity index (χ4v) is 2.55. The maximum absolute atomic E-state index is 11.8. The first-order chi connectivity index (χ1) is 9.24. The van der Waals surface area contributed by atoms with Crippen LogP contribution in [0.5, 0.6) is 0 Å². The van der Waals surface area contributed by atoms with Crippen LogP contribution >= 0.6 is 34.8 Å². The fourth-order valence-electron chi connectivity index (χ4n) is 1.68. The van der Waals surface area contributed by atoms with Gasteiger partial charge in [-0.25, -0.2) is 0 Å². The van der Waals surface area contributed by atoms with Crippen molar-refractivity contribution in [3.8, 4) is 0 Å². The van der Waals surface area contributed by atoms with E-state index in [1.54, 1.807) is 31.2 Å².